The van der Waals surface area contributed by atoms with Gasteiger partial charge in [-0.3, -0.25) is 9.47 Å². The molecule has 0 bridgehead atoms. The van der Waals surface area contributed by atoms with Crippen LogP contribution in [-0.4, -0.2) is 43.0 Å². The molecule has 7 nitrogen and oxygen atoms in total. The van der Waals surface area contributed by atoms with E-state index >= 15 is 0 Å². The Morgan fingerprint density at radius 1 is 0.781 bits per heavy atom. The van der Waals surface area contributed by atoms with Gasteiger partial charge >= 0.3 is 0 Å². The normalized spacial score (nSPS) is 14.6. The first-order valence-corrected chi connectivity index (χ1v) is 12.0. The minimum Gasteiger partial charge on any atom is -0.424 e. The number of hydrogen-bond donors (Lipinski definition) is 0. The summed E-state index contributed by atoms with van der Waals surface area (Å²) in [6.07, 6.45) is 4.46. The van der Waals surface area contributed by atoms with Crippen molar-refractivity contribution in [3.05, 3.63) is 83.8 Å². The summed E-state index contributed by atoms with van der Waals surface area (Å²) in [5.74, 6) is 2.75. The van der Waals surface area contributed by atoms with Crippen LogP contribution in [0, 0.1) is 0 Å². The first-order valence-electron chi connectivity index (χ1n) is 11.1. The monoisotopic (exact) mass is 446 g/mol. The van der Waals surface area contributed by atoms with Crippen molar-refractivity contribution in [1.29, 1.82) is 0 Å². The van der Waals surface area contributed by atoms with Gasteiger partial charge < -0.3 is 4.42 Å². The van der Waals surface area contributed by atoms with Gasteiger partial charge in [0.15, 0.2) is 11.0 Å². The van der Waals surface area contributed by atoms with Gasteiger partial charge in [0.1, 0.15) is 0 Å². The van der Waals surface area contributed by atoms with Gasteiger partial charge in [0.25, 0.3) is 0 Å². The third-order valence-corrected chi connectivity index (χ3v) is 6.47. The summed E-state index contributed by atoms with van der Waals surface area (Å²) in [4.78, 5) is 2.47. The summed E-state index contributed by atoms with van der Waals surface area (Å²) >= 11 is 1.57. The second-order valence-electron chi connectivity index (χ2n) is 7.95. The molecule has 0 radical (unpaired) electrons. The van der Waals surface area contributed by atoms with Crippen molar-refractivity contribution in [2.45, 2.75) is 43.1 Å². The maximum absolute atomic E-state index is 5.87. The molecule has 1 fully saturated rings. The molecule has 8 heteroatoms. The van der Waals surface area contributed by atoms with E-state index in [1.807, 2.05) is 36.4 Å². The molecule has 2 aromatic carbocycles. The van der Waals surface area contributed by atoms with Gasteiger partial charge in [-0.05, 0) is 43.6 Å². The minimum absolute atomic E-state index is 0.552. The number of thioether (sulfide) groups is 1. The lowest BCUT2D eigenvalue weighted by Gasteiger charge is -2.26. The van der Waals surface area contributed by atoms with Crippen LogP contribution in [0.2, 0.25) is 0 Å². The highest BCUT2D eigenvalue weighted by Crippen LogP contribution is 2.26. The number of nitrogens with zero attached hydrogens (tertiary/aromatic N) is 6. The summed E-state index contributed by atoms with van der Waals surface area (Å²) in [7, 11) is 0. The van der Waals surface area contributed by atoms with E-state index in [4.69, 9.17) is 4.42 Å². The fourth-order valence-electron chi connectivity index (χ4n) is 3.97. The molecule has 1 aliphatic rings. The number of para-hydroxylation sites is 1. The number of benzene rings is 2. The van der Waals surface area contributed by atoms with E-state index in [1.54, 1.807) is 11.8 Å². The quantitative estimate of drug-likeness (QED) is 0.369. The van der Waals surface area contributed by atoms with Gasteiger partial charge in [0.2, 0.25) is 11.8 Å². The molecular formula is C24H26N6OS. The molecule has 5 rings (SSSR count). The SMILES string of the molecule is c1ccc(Cc2nnc(CSc3nnc(CN4CCCCC4)n3-c3ccccc3)o2)cc1. The molecule has 3 heterocycles. The Morgan fingerprint density at radius 3 is 2.28 bits per heavy atom. The zero-order valence-corrected chi connectivity index (χ0v) is 18.7. The summed E-state index contributed by atoms with van der Waals surface area (Å²) in [5.41, 5.74) is 2.23. The highest BCUT2D eigenvalue weighted by molar-refractivity contribution is 7.98. The van der Waals surface area contributed by atoms with Gasteiger partial charge in [-0.1, -0.05) is 66.7 Å². The standard InChI is InChI=1S/C24H26N6OS/c1-4-10-19(11-5-1)16-22-26-27-23(31-22)18-32-24-28-25-21(17-29-14-8-3-9-15-29)30(24)20-12-6-2-7-13-20/h1-2,4-7,10-13H,3,8-9,14-18H2. The van der Waals surface area contributed by atoms with Crippen LogP contribution >= 0.6 is 11.8 Å². The number of likely N-dealkylation sites (tertiary alicyclic amines) is 1. The van der Waals surface area contributed by atoms with E-state index in [9.17, 15) is 0 Å². The molecule has 2 aromatic heterocycles. The number of aromatic nitrogens is 5. The number of piperidine rings is 1. The van der Waals surface area contributed by atoms with Crippen LogP contribution in [0.1, 0.15) is 42.4 Å². The maximum atomic E-state index is 5.87. The van der Waals surface area contributed by atoms with Crippen LogP contribution in [-0.2, 0) is 18.7 Å². The van der Waals surface area contributed by atoms with Crippen molar-refractivity contribution in [3.8, 4) is 5.69 Å². The molecule has 1 aliphatic heterocycles. The minimum atomic E-state index is 0.552. The molecule has 32 heavy (non-hydrogen) atoms. The second kappa shape index (κ2) is 10.1. The first kappa shape index (κ1) is 20.9. The highest BCUT2D eigenvalue weighted by Gasteiger charge is 2.19. The molecule has 0 saturated carbocycles. The summed E-state index contributed by atoms with van der Waals surface area (Å²) in [6.45, 7) is 3.05. The summed E-state index contributed by atoms with van der Waals surface area (Å²) in [5, 5.41) is 18.3. The van der Waals surface area contributed by atoms with E-state index < -0.39 is 0 Å². The summed E-state index contributed by atoms with van der Waals surface area (Å²) < 4.78 is 8.03. The van der Waals surface area contributed by atoms with Crippen molar-refractivity contribution in [3.63, 3.8) is 0 Å². The van der Waals surface area contributed by atoms with Crippen LogP contribution in [0.15, 0.2) is 70.2 Å². The molecule has 0 unspecified atom stereocenters. The van der Waals surface area contributed by atoms with Crippen molar-refractivity contribution >= 4 is 11.8 Å². The van der Waals surface area contributed by atoms with E-state index in [-0.39, 0.29) is 0 Å². The third kappa shape index (κ3) is 5.08. The van der Waals surface area contributed by atoms with Gasteiger partial charge in [0.05, 0.1) is 18.7 Å². The lowest BCUT2D eigenvalue weighted by molar-refractivity contribution is 0.214. The Kier molecular flexibility index (Phi) is 6.60. The van der Waals surface area contributed by atoms with E-state index in [0.717, 1.165) is 41.9 Å². The lowest BCUT2D eigenvalue weighted by Crippen LogP contribution is -2.30. The molecule has 164 valence electrons. The van der Waals surface area contributed by atoms with Gasteiger partial charge in [0, 0.05) is 5.69 Å². The van der Waals surface area contributed by atoms with Crippen molar-refractivity contribution in [2.75, 3.05) is 13.1 Å². The van der Waals surface area contributed by atoms with Crippen molar-refractivity contribution < 1.29 is 4.42 Å². The molecule has 0 N–H and O–H groups in total. The topological polar surface area (TPSA) is 72.9 Å². The predicted octanol–water partition coefficient (Wildman–Crippen LogP) is 4.52. The van der Waals surface area contributed by atoms with Crippen LogP contribution < -0.4 is 0 Å². The second-order valence-corrected chi connectivity index (χ2v) is 8.89. The molecule has 0 spiro atoms. The Bertz CT molecular complexity index is 1120. The zero-order chi connectivity index (χ0) is 21.6. The maximum Gasteiger partial charge on any atom is 0.226 e. The predicted molar refractivity (Wildman–Crippen MR) is 124 cm³/mol. The van der Waals surface area contributed by atoms with Crippen LogP contribution in [0.4, 0.5) is 0 Å². The van der Waals surface area contributed by atoms with Crippen molar-refractivity contribution in [2.24, 2.45) is 0 Å². The van der Waals surface area contributed by atoms with Gasteiger partial charge in [-0.25, -0.2) is 0 Å². The summed E-state index contributed by atoms with van der Waals surface area (Å²) in [6, 6.07) is 20.5. The Labute approximate surface area is 191 Å². The average Bonchev–Trinajstić information content (AvgIpc) is 3.46. The molecular weight excluding hydrogens is 420 g/mol. The Hall–Kier alpha value is -2.97. The molecule has 0 aliphatic carbocycles. The van der Waals surface area contributed by atoms with Gasteiger partial charge in [-0.2, -0.15) is 0 Å². The van der Waals surface area contributed by atoms with Crippen LogP contribution in [0.5, 0.6) is 0 Å². The lowest BCUT2D eigenvalue weighted by atomic mass is 10.1. The van der Waals surface area contributed by atoms with Crippen LogP contribution in [0.3, 0.4) is 0 Å². The number of rotatable bonds is 8. The fraction of sp³-hybridized carbons (Fsp3) is 0.333. The average molecular weight is 447 g/mol. The largest absolute Gasteiger partial charge is 0.424 e. The molecule has 4 aromatic rings. The molecule has 0 amide bonds. The molecule has 0 atom stereocenters. The highest BCUT2D eigenvalue weighted by atomic mass is 32.2. The van der Waals surface area contributed by atoms with Crippen LogP contribution in [0.25, 0.3) is 5.69 Å². The van der Waals surface area contributed by atoms with Gasteiger partial charge in [-0.15, -0.1) is 20.4 Å². The molecule has 1 saturated heterocycles. The zero-order valence-electron chi connectivity index (χ0n) is 17.9. The third-order valence-electron chi connectivity index (χ3n) is 5.56. The van der Waals surface area contributed by atoms with E-state index in [1.165, 1.54) is 19.3 Å². The van der Waals surface area contributed by atoms with Crippen molar-refractivity contribution in [1.82, 2.24) is 29.9 Å². The Balaban J connectivity index is 1.31. The van der Waals surface area contributed by atoms with E-state index in [0.29, 0.717) is 24.0 Å². The first-order chi connectivity index (χ1) is 15.8. The smallest absolute Gasteiger partial charge is 0.226 e. The van der Waals surface area contributed by atoms with E-state index in [2.05, 4.69) is 54.1 Å². The fourth-order valence-corrected chi connectivity index (χ4v) is 4.77. The number of hydrogen-bond acceptors (Lipinski definition) is 7. The Morgan fingerprint density at radius 2 is 1.50 bits per heavy atom.